The Labute approximate surface area is 131 Å². The molecule has 0 unspecified atom stereocenters. The van der Waals surface area contributed by atoms with Crippen LogP contribution < -0.4 is 5.32 Å². The van der Waals surface area contributed by atoms with E-state index in [1.165, 1.54) is 12.1 Å². The topological polar surface area (TPSA) is 29.1 Å². The summed E-state index contributed by atoms with van der Waals surface area (Å²) in [7, 11) is 0. The Hall–Kier alpha value is -1.47. The zero-order valence-electron chi connectivity index (χ0n) is 10.4. The average Bonchev–Trinajstić information content (AvgIpc) is 2.42. The molecule has 110 valence electrons. The fourth-order valence-corrected chi connectivity index (χ4v) is 3.28. The van der Waals surface area contributed by atoms with Crippen LogP contribution in [0.4, 0.5) is 18.9 Å². The minimum atomic E-state index is -4.50. The van der Waals surface area contributed by atoms with E-state index in [9.17, 15) is 18.0 Å². The molecule has 0 aliphatic carbocycles. The number of rotatable bonds is 4. The van der Waals surface area contributed by atoms with Gasteiger partial charge in [0.05, 0.1) is 11.3 Å². The number of benzene rings is 2. The van der Waals surface area contributed by atoms with Crippen molar-refractivity contribution in [3.8, 4) is 0 Å². The van der Waals surface area contributed by atoms with Gasteiger partial charge in [-0.25, -0.2) is 0 Å². The molecule has 1 amide bonds. The van der Waals surface area contributed by atoms with Gasteiger partial charge in [-0.3, -0.25) is 4.79 Å². The summed E-state index contributed by atoms with van der Waals surface area (Å²) in [6, 6.07) is 10.6. The van der Waals surface area contributed by atoms with Gasteiger partial charge in [0, 0.05) is 14.3 Å². The van der Waals surface area contributed by atoms with Gasteiger partial charge in [-0.2, -0.15) is 13.2 Å². The molecule has 0 bridgehead atoms. The lowest BCUT2D eigenvalue weighted by Crippen LogP contribution is -2.09. The van der Waals surface area contributed by atoms with Crippen molar-refractivity contribution in [3.05, 3.63) is 52.5 Å². The minimum Gasteiger partial charge on any atom is -0.328 e. The van der Waals surface area contributed by atoms with Gasteiger partial charge in [-0.05, 0) is 40.2 Å². The maximum Gasteiger partial charge on any atom is 0.417 e. The van der Waals surface area contributed by atoms with Crippen LogP contribution in [0.1, 0.15) is 5.56 Å². The molecule has 7 heteroatoms. The summed E-state index contributed by atoms with van der Waals surface area (Å²) in [6.07, 6.45) is -4.14. The highest BCUT2D eigenvalue weighted by Crippen LogP contribution is 2.44. The average molecular weight is 376 g/mol. The number of carbonyl (C=O) groups is 1. The first-order valence-corrected chi connectivity index (χ1v) is 7.37. The SMILES string of the molecule is O=CNc1cccc(C(F)(F)F)c1Sc1ccccc1Br. The van der Waals surface area contributed by atoms with Crippen LogP contribution in [0.3, 0.4) is 0 Å². The van der Waals surface area contributed by atoms with Crippen LogP contribution >= 0.6 is 27.7 Å². The monoisotopic (exact) mass is 375 g/mol. The fourth-order valence-electron chi connectivity index (χ4n) is 1.68. The molecular formula is C14H9BrF3NOS. The molecule has 21 heavy (non-hydrogen) atoms. The van der Waals surface area contributed by atoms with Crippen molar-refractivity contribution in [2.75, 3.05) is 5.32 Å². The van der Waals surface area contributed by atoms with E-state index in [1.54, 1.807) is 24.3 Å². The van der Waals surface area contributed by atoms with Crippen LogP contribution in [0.15, 0.2) is 56.7 Å². The highest BCUT2D eigenvalue weighted by atomic mass is 79.9. The number of anilines is 1. The van der Waals surface area contributed by atoms with Crippen LogP contribution in [-0.4, -0.2) is 6.41 Å². The second kappa shape index (κ2) is 6.53. The maximum atomic E-state index is 13.1. The number of amides is 1. The Bertz CT molecular complexity index is 661. The van der Waals surface area contributed by atoms with Crippen LogP contribution in [0.2, 0.25) is 0 Å². The molecule has 0 spiro atoms. The number of carbonyl (C=O) groups excluding carboxylic acids is 1. The van der Waals surface area contributed by atoms with E-state index in [0.717, 1.165) is 17.8 Å². The Balaban J connectivity index is 2.54. The molecule has 0 saturated heterocycles. The van der Waals surface area contributed by atoms with Crippen molar-refractivity contribution < 1.29 is 18.0 Å². The predicted molar refractivity (Wildman–Crippen MR) is 79.4 cm³/mol. The highest BCUT2D eigenvalue weighted by Gasteiger charge is 2.34. The number of hydrogen-bond donors (Lipinski definition) is 1. The van der Waals surface area contributed by atoms with E-state index in [1.807, 2.05) is 0 Å². The Morgan fingerprint density at radius 2 is 1.81 bits per heavy atom. The van der Waals surface area contributed by atoms with Crippen molar-refractivity contribution in [1.82, 2.24) is 0 Å². The molecule has 0 aromatic heterocycles. The van der Waals surface area contributed by atoms with Crippen LogP contribution in [0, 0.1) is 0 Å². The standard InChI is InChI=1S/C14H9BrF3NOS/c15-10-5-1-2-7-12(10)21-13-9(14(16,17)18)4-3-6-11(13)19-8-20/h1-8H,(H,19,20). The Morgan fingerprint density at radius 1 is 1.10 bits per heavy atom. The third kappa shape index (κ3) is 3.79. The number of hydrogen-bond acceptors (Lipinski definition) is 2. The second-order valence-corrected chi connectivity index (χ2v) is 5.88. The minimum absolute atomic E-state index is 0.0380. The lowest BCUT2D eigenvalue weighted by Gasteiger charge is -2.16. The summed E-state index contributed by atoms with van der Waals surface area (Å²) >= 11 is 4.25. The Kier molecular flexibility index (Phi) is 4.95. The largest absolute Gasteiger partial charge is 0.417 e. The first-order valence-electron chi connectivity index (χ1n) is 5.76. The van der Waals surface area contributed by atoms with Crippen molar-refractivity contribution in [2.24, 2.45) is 0 Å². The first kappa shape index (κ1) is 15.9. The van der Waals surface area contributed by atoms with Gasteiger partial charge in [-0.15, -0.1) is 0 Å². The van der Waals surface area contributed by atoms with Crippen LogP contribution in [0.5, 0.6) is 0 Å². The van der Waals surface area contributed by atoms with Gasteiger partial charge in [0.1, 0.15) is 0 Å². The van der Waals surface area contributed by atoms with E-state index in [-0.39, 0.29) is 10.6 Å². The highest BCUT2D eigenvalue weighted by molar-refractivity contribution is 9.10. The molecule has 0 heterocycles. The first-order chi connectivity index (χ1) is 9.93. The van der Waals surface area contributed by atoms with Gasteiger partial charge in [0.25, 0.3) is 0 Å². The van der Waals surface area contributed by atoms with E-state index in [4.69, 9.17) is 0 Å². The number of nitrogens with one attached hydrogen (secondary N) is 1. The van der Waals surface area contributed by atoms with E-state index >= 15 is 0 Å². The van der Waals surface area contributed by atoms with E-state index in [0.29, 0.717) is 15.8 Å². The molecule has 0 aliphatic rings. The quantitative estimate of drug-likeness (QED) is 0.745. The number of halogens is 4. The lowest BCUT2D eigenvalue weighted by molar-refractivity contribution is -0.139. The molecule has 0 radical (unpaired) electrons. The zero-order valence-corrected chi connectivity index (χ0v) is 12.8. The molecule has 2 rings (SSSR count). The van der Waals surface area contributed by atoms with Gasteiger partial charge >= 0.3 is 6.18 Å². The molecule has 0 fully saturated rings. The van der Waals surface area contributed by atoms with Gasteiger partial charge in [-0.1, -0.05) is 30.0 Å². The maximum absolute atomic E-state index is 13.1. The lowest BCUT2D eigenvalue weighted by atomic mass is 10.2. The summed E-state index contributed by atoms with van der Waals surface area (Å²) in [5.41, 5.74) is -0.657. The Morgan fingerprint density at radius 3 is 2.43 bits per heavy atom. The molecule has 0 saturated carbocycles. The van der Waals surface area contributed by atoms with Gasteiger partial charge < -0.3 is 5.32 Å². The molecule has 0 aliphatic heterocycles. The molecule has 2 nitrogen and oxygen atoms in total. The van der Waals surface area contributed by atoms with Crippen molar-refractivity contribution in [1.29, 1.82) is 0 Å². The van der Waals surface area contributed by atoms with Crippen LogP contribution in [0.25, 0.3) is 0 Å². The normalized spacial score (nSPS) is 11.2. The molecule has 2 aromatic rings. The fraction of sp³-hybridized carbons (Fsp3) is 0.0714. The van der Waals surface area contributed by atoms with Gasteiger partial charge in [0.2, 0.25) is 6.41 Å². The third-order valence-corrected chi connectivity index (χ3v) is 4.76. The number of alkyl halides is 3. The molecule has 0 atom stereocenters. The van der Waals surface area contributed by atoms with E-state index in [2.05, 4.69) is 21.2 Å². The van der Waals surface area contributed by atoms with E-state index < -0.39 is 11.7 Å². The summed E-state index contributed by atoms with van der Waals surface area (Å²) < 4.78 is 40.1. The summed E-state index contributed by atoms with van der Waals surface area (Å²) in [4.78, 5) is 11.2. The molecule has 2 aromatic carbocycles. The van der Waals surface area contributed by atoms with Gasteiger partial charge in [0.15, 0.2) is 0 Å². The molecular weight excluding hydrogens is 367 g/mol. The van der Waals surface area contributed by atoms with Crippen molar-refractivity contribution >= 4 is 39.8 Å². The second-order valence-electron chi connectivity index (χ2n) is 3.97. The summed E-state index contributed by atoms with van der Waals surface area (Å²) in [5.74, 6) is 0. The van der Waals surface area contributed by atoms with Crippen molar-refractivity contribution in [3.63, 3.8) is 0 Å². The van der Waals surface area contributed by atoms with Crippen molar-refractivity contribution in [2.45, 2.75) is 16.0 Å². The zero-order chi connectivity index (χ0) is 15.5. The predicted octanol–water partition coefficient (Wildman–Crippen LogP) is 5.19. The summed E-state index contributed by atoms with van der Waals surface area (Å²) in [5, 5.41) is 2.31. The summed E-state index contributed by atoms with van der Waals surface area (Å²) in [6.45, 7) is 0. The third-order valence-electron chi connectivity index (χ3n) is 2.58. The smallest absolute Gasteiger partial charge is 0.328 e. The van der Waals surface area contributed by atoms with Crippen LogP contribution in [-0.2, 0) is 11.0 Å². The molecule has 1 N–H and O–H groups in total.